The average molecular weight is 248 g/mol. The second kappa shape index (κ2) is 5.08. The van der Waals surface area contributed by atoms with E-state index in [-0.39, 0.29) is 18.4 Å². The first kappa shape index (κ1) is 12.4. The Morgan fingerprint density at radius 2 is 2.11 bits per heavy atom. The summed E-state index contributed by atoms with van der Waals surface area (Å²) in [5.74, 6) is 0.582. The topological polar surface area (TPSA) is 58.6 Å². The number of nitrogens with zero attached hydrogens (tertiary/aromatic N) is 1. The zero-order valence-electron chi connectivity index (χ0n) is 10.5. The number of hydrogen-bond donors (Lipinski definition) is 1. The Morgan fingerprint density at radius 3 is 2.78 bits per heavy atom. The highest BCUT2D eigenvalue weighted by atomic mass is 16.5. The Balaban J connectivity index is 2.29. The van der Waals surface area contributed by atoms with Gasteiger partial charge in [-0.15, -0.1) is 0 Å². The summed E-state index contributed by atoms with van der Waals surface area (Å²) in [6, 6.07) is 5.54. The lowest BCUT2D eigenvalue weighted by molar-refractivity contribution is -0.123. The van der Waals surface area contributed by atoms with E-state index in [1.54, 1.807) is 12.0 Å². The van der Waals surface area contributed by atoms with Gasteiger partial charge < -0.3 is 15.0 Å². The minimum absolute atomic E-state index is 0.0598. The molecule has 2 amide bonds. The first-order chi connectivity index (χ1) is 8.61. The highest BCUT2D eigenvalue weighted by molar-refractivity contribution is 5.99. The molecule has 0 aromatic heterocycles. The van der Waals surface area contributed by atoms with Crippen LogP contribution < -0.4 is 15.0 Å². The maximum absolute atomic E-state index is 11.9. The Bertz CT molecular complexity index is 485. The van der Waals surface area contributed by atoms with Gasteiger partial charge in [-0.3, -0.25) is 9.59 Å². The van der Waals surface area contributed by atoms with Crippen LogP contribution in [0.1, 0.15) is 12.0 Å². The molecule has 5 heteroatoms. The highest BCUT2D eigenvalue weighted by Crippen LogP contribution is 2.25. The summed E-state index contributed by atoms with van der Waals surface area (Å²) in [4.78, 5) is 24.9. The normalized spacial score (nSPS) is 16.2. The van der Waals surface area contributed by atoms with Gasteiger partial charge in [0.2, 0.25) is 11.8 Å². The van der Waals surface area contributed by atoms with Crippen molar-refractivity contribution in [2.75, 3.05) is 25.1 Å². The molecule has 18 heavy (non-hydrogen) atoms. The summed E-state index contributed by atoms with van der Waals surface area (Å²) in [5, 5.41) is 2.58. The van der Waals surface area contributed by atoms with Gasteiger partial charge in [0.15, 0.2) is 0 Å². The monoisotopic (exact) mass is 248 g/mol. The van der Waals surface area contributed by atoms with Crippen LogP contribution in [0.15, 0.2) is 18.2 Å². The zero-order chi connectivity index (χ0) is 13.1. The summed E-state index contributed by atoms with van der Waals surface area (Å²) in [5.41, 5.74) is 1.79. The van der Waals surface area contributed by atoms with Crippen LogP contribution in [0.2, 0.25) is 0 Å². The van der Waals surface area contributed by atoms with E-state index < -0.39 is 0 Å². The quantitative estimate of drug-likeness (QED) is 0.844. The SMILES string of the molecule is COc1ccc(N2CCC(=O)NCC2=O)c(C)c1. The summed E-state index contributed by atoms with van der Waals surface area (Å²) < 4.78 is 5.14. The number of carbonyl (C=O) groups is 2. The van der Waals surface area contributed by atoms with Crippen molar-refractivity contribution in [3.63, 3.8) is 0 Å². The molecule has 1 fully saturated rings. The predicted molar refractivity (Wildman–Crippen MR) is 67.7 cm³/mol. The Labute approximate surface area is 106 Å². The van der Waals surface area contributed by atoms with Crippen LogP contribution in [0.3, 0.4) is 0 Å². The molecule has 1 aromatic rings. The lowest BCUT2D eigenvalue weighted by Crippen LogP contribution is -2.35. The lowest BCUT2D eigenvalue weighted by atomic mass is 10.1. The number of amides is 2. The predicted octanol–water partition coefficient (Wildman–Crippen LogP) is 0.857. The van der Waals surface area contributed by atoms with Crippen LogP contribution in [0.4, 0.5) is 5.69 Å². The first-order valence-electron chi connectivity index (χ1n) is 5.83. The highest BCUT2D eigenvalue weighted by Gasteiger charge is 2.22. The molecule has 1 heterocycles. The Morgan fingerprint density at radius 1 is 1.33 bits per heavy atom. The molecule has 0 unspecified atom stereocenters. The van der Waals surface area contributed by atoms with Gasteiger partial charge in [0, 0.05) is 18.7 Å². The maximum Gasteiger partial charge on any atom is 0.246 e. The Kier molecular flexibility index (Phi) is 3.50. The number of ether oxygens (including phenoxy) is 1. The van der Waals surface area contributed by atoms with E-state index in [2.05, 4.69) is 5.32 Å². The van der Waals surface area contributed by atoms with Crippen LogP contribution in [0.5, 0.6) is 5.75 Å². The van der Waals surface area contributed by atoms with Crippen molar-refractivity contribution in [3.05, 3.63) is 23.8 Å². The Hall–Kier alpha value is -2.04. The van der Waals surface area contributed by atoms with Crippen molar-refractivity contribution in [2.24, 2.45) is 0 Å². The third-order valence-corrected chi connectivity index (χ3v) is 3.00. The summed E-state index contributed by atoms with van der Waals surface area (Å²) >= 11 is 0. The molecule has 0 bridgehead atoms. The number of nitrogens with one attached hydrogen (secondary N) is 1. The standard InChI is InChI=1S/C13H16N2O3/c1-9-7-10(18-2)3-4-11(9)15-6-5-12(16)14-8-13(15)17/h3-4,7H,5-6,8H2,1-2H3,(H,14,16). The number of methoxy groups -OCH3 is 1. The second-order valence-corrected chi connectivity index (χ2v) is 4.22. The van der Waals surface area contributed by atoms with Crippen molar-refractivity contribution >= 4 is 17.5 Å². The lowest BCUT2D eigenvalue weighted by Gasteiger charge is -2.22. The number of hydrogen-bond acceptors (Lipinski definition) is 3. The number of carbonyl (C=O) groups excluding carboxylic acids is 2. The third-order valence-electron chi connectivity index (χ3n) is 3.00. The van der Waals surface area contributed by atoms with E-state index in [1.807, 2.05) is 25.1 Å². The molecule has 1 aromatic carbocycles. The summed E-state index contributed by atoms with van der Waals surface area (Å²) in [6.45, 7) is 2.40. The number of aryl methyl sites for hydroxylation is 1. The molecule has 0 spiro atoms. The van der Waals surface area contributed by atoms with Gasteiger partial charge in [0.05, 0.1) is 13.7 Å². The summed E-state index contributed by atoms with van der Waals surface area (Å²) in [6.07, 6.45) is 0.331. The van der Waals surface area contributed by atoms with Crippen LogP contribution in [-0.4, -0.2) is 32.0 Å². The van der Waals surface area contributed by atoms with Crippen molar-refractivity contribution in [3.8, 4) is 5.75 Å². The number of benzene rings is 1. The largest absolute Gasteiger partial charge is 0.497 e. The van der Waals surface area contributed by atoms with E-state index in [0.29, 0.717) is 13.0 Å². The van der Waals surface area contributed by atoms with Crippen molar-refractivity contribution in [2.45, 2.75) is 13.3 Å². The summed E-state index contributed by atoms with van der Waals surface area (Å²) in [7, 11) is 1.61. The molecular weight excluding hydrogens is 232 g/mol. The minimum atomic E-state index is -0.0888. The van der Waals surface area contributed by atoms with Gasteiger partial charge in [-0.25, -0.2) is 0 Å². The van der Waals surface area contributed by atoms with E-state index in [4.69, 9.17) is 4.74 Å². The molecule has 0 atom stereocenters. The average Bonchev–Trinajstić information content (AvgIpc) is 2.52. The van der Waals surface area contributed by atoms with E-state index in [1.165, 1.54) is 0 Å². The van der Waals surface area contributed by atoms with Gasteiger partial charge in [0.25, 0.3) is 0 Å². The fourth-order valence-corrected chi connectivity index (χ4v) is 2.01. The first-order valence-corrected chi connectivity index (χ1v) is 5.83. The van der Waals surface area contributed by atoms with E-state index in [9.17, 15) is 9.59 Å². The van der Waals surface area contributed by atoms with Gasteiger partial charge >= 0.3 is 0 Å². The maximum atomic E-state index is 11.9. The van der Waals surface area contributed by atoms with Crippen LogP contribution in [0.25, 0.3) is 0 Å². The molecule has 5 nitrogen and oxygen atoms in total. The van der Waals surface area contributed by atoms with Crippen molar-refractivity contribution in [1.29, 1.82) is 0 Å². The smallest absolute Gasteiger partial charge is 0.246 e. The second-order valence-electron chi connectivity index (χ2n) is 4.22. The van der Waals surface area contributed by atoms with Crippen LogP contribution >= 0.6 is 0 Å². The zero-order valence-corrected chi connectivity index (χ0v) is 10.5. The van der Waals surface area contributed by atoms with E-state index >= 15 is 0 Å². The molecule has 1 aliphatic heterocycles. The van der Waals surface area contributed by atoms with E-state index in [0.717, 1.165) is 17.0 Å². The molecule has 0 saturated carbocycles. The molecule has 1 aliphatic rings. The van der Waals surface area contributed by atoms with Crippen LogP contribution in [0, 0.1) is 6.92 Å². The number of anilines is 1. The molecule has 0 radical (unpaired) electrons. The minimum Gasteiger partial charge on any atom is -0.497 e. The molecule has 2 rings (SSSR count). The molecule has 1 N–H and O–H groups in total. The fourth-order valence-electron chi connectivity index (χ4n) is 2.01. The van der Waals surface area contributed by atoms with Gasteiger partial charge in [0.1, 0.15) is 5.75 Å². The fraction of sp³-hybridized carbons (Fsp3) is 0.385. The molecular formula is C13H16N2O3. The van der Waals surface area contributed by atoms with Gasteiger partial charge in [-0.05, 0) is 30.7 Å². The van der Waals surface area contributed by atoms with Gasteiger partial charge in [-0.1, -0.05) is 0 Å². The third kappa shape index (κ3) is 2.45. The van der Waals surface area contributed by atoms with Crippen molar-refractivity contribution < 1.29 is 14.3 Å². The molecule has 96 valence electrons. The molecule has 1 saturated heterocycles. The molecule has 0 aliphatic carbocycles. The van der Waals surface area contributed by atoms with Gasteiger partial charge in [-0.2, -0.15) is 0 Å². The van der Waals surface area contributed by atoms with Crippen LogP contribution in [-0.2, 0) is 9.59 Å². The van der Waals surface area contributed by atoms with Crippen molar-refractivity contribution in [1.82, 2.24) is 5.32 Å². The number of rotatable bonds is 2.